The van der Waals surface area contributed by atoms with Gasteiger partial charge in [-0.3, -0.25) is 4.79 Å². The fourth-order valence-electron chi connectivity index (χ4n) is 1.81. The fraction of sp³-hybridized carbons (Fsp3) is 0.308. The molecule has 3 nitrogen and oxygen atoms in total. The molecule has 2 rings (SSSR count). The zero-order valence-electron chi connectivity index (χ0n) is 10.0. The van der Waals surface area contributed by atoms with Crippen molar-refractivity contribution in [2.75, 3.05) is 19.7 Å². The van der Waals surface area contributed by atoms with Gasteiger partial charge in [0.25, 0.3) is 5.91 Å². The summed E-state index contributed by atoms with van der Waals surface area (Å²) in [5.74, 6) is -0.472. The lowest BCUT2D eigenvalue weighted by Gasteiger charge is -2.18. The number of hydrogen-bond donors (Lipinski definition) is 1. The third kappa shape index (κ3) is 2.37. The van der Waals surface area contributed by atoms with E-state index in [1.165, 1.54) is 17.4 Å². The second-order valence-corrected chi connectivity index (χ2v) is 4.95. The molecule has 0 saturated carbocycles. The number of aliphatic hydroxyl groups is 1. The van der Waals surface area contributed by atoms with E-state index in [4.69, 9.17) is 5.11 Å². The number of halogens is 1. The molecular formula is C13H14FNO2S. The van der Waals surface area contributed by atoms with Crippen molar-refractivity contribution in [2.24, 2.45) is 0 Å². The van der Waals surface area contributed by atoms with Crippen LogP contribution in [-0.2, 0) is 0 Å². The van der Waals surface area contributed by atoms with Crippen LogP contribution in [-0.4, -0.2) is 35.6 Å². The highest BCUT2D eigenvalue weighted by molar-refractivity contribution is 7.20. The summed E-state index contributed by atoms with van der Waals surface area (Å²) in [6, 6.07) is 6.39. The topological polar surface area (TPSA) is 40.5 Å². The van der Waals surface area contributed by atoms with Gasteiger partial charge < -0.3 is 10.0 Å². The van der Waals surface area contributed by atoms with Crippen molar-refractivity contribution < 1.29 is 14.3 Å². The van der Waals surface area contributed by atoms with Crippen LogP contribution < -0.4 is 0 Å². The van der Waals surface area contributed by atoms with E-state index in [-0.39, 0.29) is 18.3 Å². The Labute approximate surface area is 108 Å². The minimum absolute atomic E-state index is 0.0706. The highest BCUT2D eigenvalue weighted by Crippen LogP contribution is 2.28. The molecule has 0 spiro atoms. The van der Waals surface area contributed by atoms with Gasteiger partial charge in [0.15, 0.2) is 0 Å². The first kappa shape index (κ1) is 13.0. The van der Waals surface area contributed by atoms with Crippen molar-refractivity contribution in [1.29, 1.82) is 0 Å². The molecule has 0 aliphatic carbocycles. The third-order valence-corrected chi connectivity index (χ3v) is 3.85. The lowest BCUT2D eigenvalue weighted by Crippen LogP contribution is -2.32. The van der Waals surface area contributed by atoms with Crippen LogP contribution in [0.2, 0.25) is 0 Å². The number of hydrogen-bond acceptors (Lipinski definition) is 3. The van der Waals surface area contributed by atoms with Crippen molar-refractivity contribution in [3.05, 3.63) is 35.0 Å². The number of benzene rings is 1. The summed E-state index contributed by atoms with van der Waals surface area (Å²) in [7, 11) is 0. The maximum Gasteiger partial charge on any atom is 0.264 e. The molecule has 0 atom stereocenters. The maximum absolute atomic E-state index is 13.5. The van der Waals surface area contributed by atoms with Gasteiger partial charge in [0, 0.05) is 23.2 Å². The number of carbonyl (C=O) groups excluding carboxylic acids is 1. The van der Waals surface area contributed by atoms with Gasteiger partial charge in [-0.2, -0.15) is 0 Å². The monoisotopic (exact) mass is 267 g/mol. The molecule has 1 amide bonds. The molecule has 0 bridgehead atoms. The Morgan fingerprint density at radius 3 is 2.89 bits per heavy atom. The number of carbonyl (C=O) groups is 1. The van der Waals surface area contributed by atoms with Crippen molar-refractivity contribution in [1.82, 2.24) is 4.90 Å². The van der Waals surface area contributed by atoms with Crippen LogP contribution in [0.4, 0.5) is 4.39 Å². The van der Waals surface area contributed by atoms with Gasteiger partial charge in [-0.15, -0.1) is 11.3 Å². The van der Waals surface area contributed by atoms with Crippen LogP contribution in [0.1, 0.15) is 16.6 Å². The third-order valence-electron chi connectivity index (χ3n) is 2.76. The molecule has 2 aromatic rings. The molecule has 0 aliphatic heterocycles. The summed E-state index contributed by atoms with van der Waals surface area (Å²) in [5.41, 5.74) is 0. The summed E-state index contributed by atoms with van der Waals surface area (Å²) < 4.78 is 14.3. The first-order chi connectivity index (χ1) is 8.67. The molecule has 1 heterocycles. The van der Waals surface area contributed by atoms with E-state index < -0.39 is 0 Å². The molecule has 96 valence electrons. The van der Waals surface area contributed by atoms with Crippen LogP contribution in [0.15, 0.2) is 24.3 Å². The van der Waals surface area contributed by atoms with Crippen LogP contribution >= 0.6 is 11.3 Å². The van der Waals surface area contributed by atoms with E-state index in [1.807, 2.05) is 6.92 Å². The minimum atomic E-state index is -0.312. The number of rotatable bonds is 4. The molecule has 1 aromatic carbocycles. The molecule has 5 heteroatoms. The Morgan fingerprint density at radius 2 is 2.28 bits per heavy atom. The maximum atomic E-state index is 13.5. The molecule has 0 radical (unpaired) electrons. The standard InChI is InChI=1S/C13H14FNO2S/c1-2-15(6-7-16)13(17)12-8-9-10(14)4-3-5-11(9)18-12/h3-5,8,16H,2,6-7H2,1H3. The fourth-order valence-corrected chi connectivity index (χ4v) is 2.85. The van der Waals surface area contributed by atoms with E-state index in [9.17, 15) is 9.18 Å². The van der Waals surface area contributed by atoms with Crippen molar-refractivity contribution >= 4 is 27.3 Å². The smallest absolute Gasteiger partial charge is 0.264 e. The van der Waals surface area contributed by atoms with Gasteiger partial charge in [-0.05, 0) is 25.1 Å². The Kier molecular flexibility index (Phi) is 3.93. The second-order valence-electron chi connectivity index (χ2n) is 3.87. The van der Waals surface area contributed by atoms with Crippen LogP contribution in [0.25, 0.3) is 10.1 Å². The van der Waals surface area contributed by atoms with E-state index in [1.54, 1.807) is 23.1 Å². The van der Waals surface area contributed by atoms with Gasteiger partial charge in [-0.1, -0.05) is 6.07 Å². The van der Waals surface area contributed by atoms with Gasteiger partial charge in [0.2, 0.25) is 0 Å². The Bertz CT molecular complexity index is 567. The highest BCUT2D eigenvalue weighted by Gasteiger charge is 2.17. The summed E-state index contributed by atoms with van der Waals surface area (Å²) in [5, 5.41) is 9.37. The quantitative estimate of drug-likeness (QED) is 0.924. The summed E-state index contributed by atoms with van der Waals surface area (Å²) in [4.78, 5) is 14.2. The van der Waals surface area contributed by atoms with E-state index in [0.717, 1.165) is 4.70 Å². The molecule has 0 saturated heterocycles. The number of nitrogens with zero attached hydrogens (tertiary/aromatic N) is 1. The van der Waals surface area contributed by atoms with Gasteiger partial charge in [0.05, 0.1) is 11.5 Å². The summed E-state index contributed by atoms with van der Waals surface area (Å²) in [6.45, 7) is 2.60. The van der Waals surface area contributed by atoms with Crippen LogP contribution in [0, 0.1) is 5.82 Å². The zero-order valence-corrected chi connectivity index (χ0v) is 10.8. The second kappa shape index (κ2) is 5.46. The van der Waals surface area contributed by atoms with Crippen molar-refractivity contribution in [3.8, 4) is 0 Å². The largest absolute Gasteiger partial charge is 0.395 e. The Morgan fingerprint density at radius 1 is 1.50 bits per heavy atom. The lowest BCUT2D eigenvalue weighted by atomic mass is 10.2. The predicted molar refractivity (Wildman–Crippen MR) is 70.4 cm³/mol. The molecular weight excluding hydrogens is 253 g/mol. The van der Waals surface area contributed by atoms with E-state index in [2.05, 4.69) is 0 Å². The molecule has 0 aliphatic rings. The highest BCUT2D eigenvalue weighted by atomic mass is 32.1. The first-order valence-corrected chi connectivity index (χ1v) is 6.57. The molecule has 18 heavy (non-hydrogen) atoms. The van der Waals surface area contributed by atoms with Gasteiger partial charge in [0.1, 0.15) is 5.82 Å². The Hall–Kier alpha value is -1.46. The minimum Gasteiger partial charge on any atom is -0.395 e. The number of aliphatic hydroxyl groups excluding tert-OH is 1. The number of likely N-dealkylation sites (N-methyl/N-ethyl adjacent to an activating group) is 1. The molecule has 1 N–H and O–H groups in total. The van der Waals surface area contributed by atoms with Crippen molar-refractivity contribution in [3.63, 3.8) is 0 Å². The van der Waals surface area contributed by atoms with E-state index in [0.29, 0.717) is 23.4 Å². The lowest BCUT2D eigenvalue weighted by molar-refractivity contribution is 0.0737. The average Bonchev–Trinajstić information content (AvgIpc) is 2.80. The first-order valence-electron chi connectivity index (χ1n) is 5.75. The normalized spacial score (nSPS) is 10.8. The number of thiophene rings is 1. The van der Waals surface area contributed by atoms with Crippen LogP contribution in [0.5, 0.6) is 0 Å². The number of amides is 1. The number of fused-ring (bicyclic) bond motifs is 1. The van der Waals surface area contributed by atoms with E-state index >= 15 is 0 Å². The van der Waals surface area contributed by atoms with Crippen molar-refractivity contribution in [2.45, 2.75) is 6.92 Å². The SMILES string of the molecule is CCN(CCO)C(=O)c1cc2c(F)cccc2s1. The van der Waals surface area contributed by atoms with Crippen LogP contribution in [0.3, 0.4) is 0 Å². The Balaban J connectivity index is 2.36. The molecule has 1 aromatic heterocycles. The summed E-state index contributed by atoms with van der Waals surface area (Å²) in [6.07, 6.45) is 0. The van der Waals surface area contributed by atoms with Gasteiger partial charge >= 0.3 is 0 Å². The average molecular weight is 267 g/mol. The van der Waals surface area contributed by atoms with Gasteiger partial charge in [-0.25, -0.2) is 4.39 Å². The predicted octanol–water partition coefficient (Wildman–Crippen LogP) is 2.49. The molecule has 0 fully saturated rings. The zero-order chi connectivity index (χ0) is 13.1. The summed E-state index contributed by atoms with van der Waals surface area (Å²) >= 11 is 1.28. The molecule has 0 unspecified atom stereocenters.